The molecule has 2 saturated carbocycles. The van der Waals surface area contributed by atoms with E-state index in [1.165, 1.54) is 15.5 Å². The summed E-state index contributed by atoms with van der Waals surface area (Å²) in [4.78, 5) is 78.3. The van der Waals surface area contributed by atoms with Crippen LogP contribution in [0.4, 0.5) is 4.79 Å². The largest absolute Gasteiger partial charge is 0.446 e. The van der Waals surface area contributed by atoms with E-state index in [4.69, 9.17) is 4.74 Å². The Bertz CT molecular complexity index is 1530. The maximum atomic E-state index is 14.3. The van der Waals surface area contributed by atoms with Gasteiger partial charge in [-0.3, -0.25) is 18.7 Å². The Kier molecular flexibility index (Phi) is 8.12. The lowest BCUT2D eigenvalue weighted by Gasteiger charge is -2.35. The van der Waals surface area contributed by atoms with Gasteiger partial charge >= 0.3 is 19.4 Å². The molecular weight excluding hydrogens is 577 g/mol. The van der Waals surface area contributed by atoms with Crippen molar-refractivity contribution in [1.82, 2.24) is 25.1 Å². The highest BCUT2D eigenvalue weighted by molar-refractivity contribution is 7.54. The summed E-state index contributed by atoms with van der Waals surface area (Å²) in [7, 11) is -4.79. The first-order valence-electron chi connectivity index (χ1n) is 14.6. The van der Waals surface area contributed by atoms with E-state index in [2.05, 4.69) is 22.2 Å². The zero-order valence-electron chi connectivity index (χ0n) is 24.6. The minimum absolute atomic E-state index is 0.0116. The lowest BCUT2D eigenvalue weighted by molar-refractivity contribution is -0.142. The van der Waals surface area contributed by atoms with Crippen LogP contribution >= 0.6 is 7.60 Å². The normalized spacial score (nSPS) is 26.7. The number of hydrogen-bond donors (Lipinski definition) is 5. The Hall–Kier alpha value is -3.41. The van der Waals surface area contributed by atoms with Crippen molar-refractivity contribution >= 4 is 36.5 Å². The number of para-hydroxylation sites is 2. The van der Waals surface area contributed by atoms with Crippen LogP contribution in [0.1, 0.15) is 65.3 Å². The Morgan fingerprint density at radius 1 is 1.21 bits per heavy atom. The number of imidazole rings is 1. The molecule has 3 fully saturated rings. The topological polar surface area (TPSA) is 183 Å². The molecule has 1 saturated heterocycles. The second kappa shape index (κ2) is 11.3. The third kappa shape index (κ3) is 5.90. The SMILES string of the molecule is C=CC1CC1(NC(=O)C1CC(n2c(=O)[nH]c3ccccc32)CN1C(=O)C(NC(=O)OC1CCCC1)C(C)(C)C)P(=O)(O)O. The molecule has 2 heterocycles. The molecule has 0 bridgehead atoms. The van der Waals surface area contributed by atoms with Gasteiger partial charge in [0.15, 0.2) is 0 Å². The summed E-state index contributed by atoms with van der Waals surface area (Å²) in [5.41, 5.74) is -0.0161. The van der Waals surface area contributed by atoms with Gasteiger partial charge in [0.05, 0.1) is 17.1 Å². The number of carbonyl (C=O) groups is 3. The van der Waals surface area contributed by atoms with E-state index in [-0.39, 0.29) is 25.5 Å². The first kappa shape index (κ1) is 31.0. The molecule has 5 atom stereocenters. The van der Waals surface area contributed by atoms with Gasteiger partial charge in [-0.1, -0.05) is 39.0 Å². The molecule has 3 aliphatic rings. The number of hydrogen-bond acceptors (Lipinski definition) is 6. The molecule has 43 heavy (non-hydrogen) atoms. The van der Waals surface area contributed by atoms with Crippen LogP contribution in [0.3, 0.4) is 0 Å². The third-order valence-corrected chi connectivity index (χ3v) is 10.6. The van der Waals surface area contributed by atoms with Crippen LogP contribution in [0.5, 0.6) is 0 Å². The fraction of sp³-hybridized carbons (Fsp3) is 0.586. The maximum Gasteiger partial charge on any atom is 0.408 e. The number of alkyl carbamates (subject to hydrolysis) is 1. The van der Waals surface area contributed by atoms with Crippen molar-refractivity contribution in [3.63, 3.8) is 0 Å². The Morgan fingerprint density at radius 3 is 2.49 bits per heavy atom. The monoisotopic (exact) mass is 617 g/mol. The number of fused-ring (bicyclic) bond motifs is 1. The van der Waals surface area contributed by atoms with Gasteiger partial charge < -0.3 is 35.0 Å². The number of H-pyrrole nitrogens is 1. The third-order valence-electron chi connectivity index (χ3n) is 8.93. The molecule has 0 spiro atoms. The zero-order valence-corrected chi connectivity index (χ0v) is 25.5. The van der Waals surface area contributed by atoms with E-state index in [1.807, 2.05) is 0 Å². The summed E-state index contributed by atoms with van der Waals surface area (Å²) in [5.74, 6) is -1.95. The van der Waals surface area contributed by atoms with E-state index in [9.17, 15) is 33.5 Å². The summed E-state index contributed by atoms with van der Waals surface area (Å²) in [6, 6.07) is 4.16. The van der Waals surface area contributed by atoms with Gasteiger partial charge in [0.2, 0.25) is 11.8 Å². The molecule has 13 nitrogen and oxygen atoms in total. The van der Waals surface area contributed by atoms with E-state index >= 15 is 0 Å². The molecule has 1 aromatic carbocycles. The summed E-state index contributed by atoms with van der Waals surface area (Å²) in [6.45, 7) is 8.92. The van der Waals surface area contributed by atoms with Crippen molar-refractivity contribution < 1.29 is 33.5 Å². The quantitative estimate of drug-likeness (QED) is 0.221. The van der Waals surface area contributed by atoms with Gasteiger partial charge in [-0.25, -0.2) is 9.59 Å². The zero-order chi connectivity index (χ0) is 31.3. The molecule has 14 heteroatoms. The second-order valence-corrected chi connectivity index (χ2v) is 14.9. The van der Waals surface area contributed by atoms with Crippen LogP contribution in [0.15, 0.2) is 41.7 Å². The molecule has 1 aliphatic heterocycles. The number of aromatic nitrogens is 2. The summed E-state index contributed by atoms with van der Waals surface area (Å²) in [6.07, 6.45) is 3.89. The van der Waals surface area contributed by atoms with Crippen LogP contribution in [0.25, 0.3) is 11.0 Å². The summed E-state index contributed by atoms with van der Waals surface area (Å²) < 4.78 is 19.5. The molecule has 234 valence electrons. The Labute approximate surface area is 249 Å². The minimum atomic E-state index is -4.79. The van der Waals surface area contributed by atoms with Gasteiger partial charge in [0.1, 0.15) is 23.5 Å². The van der Waals surface area contributed by atoms with Crippen molar-refractivity contribution in [1.29, 1.82) is 0 Å². The lowest BCUT2D eigenvalue weighted by Crippen LogP contribution is -2.58. The van der Waals surface area contributed by atoms with Crippen LogP contribution < -0.4 is 16.3 Å². The van der Waals surface area contributed by atoms with Crippen molar-refractivity contribution in [2.45, 2.75) is 88.8 Å². The van der Waals surface area contributed by atoms with Crippen molar-refractivity contribution in [2.24, 2.45) is 11.3 Å². The molecule has 3 amide bonds. The Balaban J connectivity index is 1.47. The standard InChI is InChI=1S/C29H40N5O8P/c1-5-17-15-29(17,43(39,40)41)32-24(35)22-14-18(34-21-13-9-8-12-20(21)30-26(34)37)16-33(22)25(36)23(28(2,3)4)31-27(38)42-19-10-6-7-11-19/h5,8-9,12-13,17-19,22-23H,1,6-7,10-11,14-16H2,2-4H3,(H,30,37)(H,31,38)(H,32,35)(H2,39,40,41). The van der Waals surface area contributed by atoms with E-state index in [1.54, 1.807) is 45.0 Å². The average molecular weight is 618 g/mol. The predicted octanol–water partition coefficient (Wildman–Crippen LogP) is 2.75. The van der Waals surface area contributed by atoms with Gasteiger partial charge in [0.25, 0.3) is 0 Å². The van der Waals surface area contributed by atoms with Crippen molar-refractivity contribution in [3.8, 4) is 0 Å². The smallest absolute Gasteiger partial charge is 0.408 e. The number of aromatic amines is 1. The van der Waals surface area contributed by atoms with Gasteiger partial charge in [0, 0.05) is 12.5 Å². The van der Waals surface area contributed by atoms with Crippen LogP contribution in [-0.2, 0) is 18.9 Å². The maximum absolute atomic E-state index is 14.3. The number of nitrogens with zero attached hydrogens (tertiary/aromatic N) is 2. The van der Waals surface area contributed by atoms with Crippen molar-refractivity contribution in [2.75, 3.05) is 6.54 Å². The minimum Gasteiger partial charge on any atom is -0.446 e. The average Bonchev–Trinajstić information content (AvgIpc) is 3.25. The molecule has 2 aromatic rings. The molecule has 5 N–H and O–H groups in total. The van der Waals surface area contributed by atoms with E-state index in [0.717, 1.165) is 25.7 Å². The molecule has 2 aliphatic carbocycles. The molecule has 5 unspecified atom stereocenters. The summed E-state index contributed by atoms with van der Waals surface area (Å²) in [5, 5.41) is 3.46. The Morgan fingerprint density at radius 2 is 1.88 bits per heavy atom. The van der Waals surface area contributed by atoms with Gasteiger partial charge in [-0.15, -0.1) is 6.58 Å². The van der Waals surface area contributed by atoms with Crippen LogP contribution in [0.2, 0.25) is 0 Å². The number of likely N-dealkylation sites (tertiary alicyclic amines) is 1. The van der Waals surface area contributed by atoms with Crippen LogP contribution in [-0.4, -0.2) is 72.2 Å². The first-order valence-corrected chi connectivity index (χ1v) is 16.2. The van der Waals surface area contributed by atoms with Crippen molar-refractivity contribution in [3.05, 3.63) is 47.4 Å². The molecule has 0 radical (unpaired) electrons. The predicted molar refractivity (Wildman–Crippen MR) is 158 cm³/mol. The van der Waals surface area contributed by atoms with E-state index < -0.39 is 65.9 Å². The highest BCUT2D eigenvalue weighted by Crippen LogP contribution is 2.67. The number of benzene rings is 1. The number of nitrogens with one attached hydrogen (secondary N) is 3. The van der Waals surface area contributed by atoms with E-state index in [0.29, 0.717) is 11.0 Å². The second-order valence-electron chi connectivity index (χ2n) is 13.0. The number of carbonyl (C=O) groups excluding carboxylic acids is 3. The summed E-state index contributed by atoms with van der Waals surface area (Å²) >= 11 is 0. The number of rotatable bonds is 8. The fourth-order valence-electron chi connectivity index (χ4n) is 6.46. The van der Waals surface area contributed by atoms with Crippen LogP contribution in [0, 0.1) is 11.3 Å². The highest BCUT2D eigenvalue weighted by Gasteiger charge is 2.66. The lowest BCUT2D eigenvalue weighted by atomic mass is 9.85. The first-order chi connectivity index (χ1) is 20.2. The number of amides is 3. The molecular formula is C29H40N5O8P. The molecule has 5 rings (SSSR count). The highest BCUT2D eigenvalue weighted by atomic mass is 31.2. The molecule has 1 aromatic heterocycles. The fourth-order valence-corrected chi connectivity index (χ4v) is 7.68. The van der Waals surface area contributed by atoms with Gasteiger partial charge in [-0.05, 0) is 56.1 Å². The number of ether oxygens (including phenoxy) is 1. The van der Waals surface area contributed by atoms with Gasteiger partial charge in [-0.2, -0.15) is 0 Å².